The molecule has 46 heavy (non-hydrogen) atoms. The van der Waals surface area contributed by atoms with Crippen molar-refractivity contribution in [2.75, 3.05) is 12.4 Å². The van der Waals surface area contributed by atoms with Crippen molar-refractivity contribution in [1.82, 2.24) is 26.6 Å². The summed E-state index contributed by atoms with van der Waals surface area (Å²) in [4.78, 5) is 97.5. The maximum absolute atomic E-state index is 13.0. The zero-order chi connectivity index (χ0) is 35.0. The number of carboxylic acid groups (broad SMARTS) is 2. The fourth-order valence-corrected chi connectivity index (χ4v) is 4.02. The summed E-state index contributed by atoms with van der Waals surface area (Å²) >= 11 is 4.03. The maximum Gasteiger partial charge on any atom is 0.326 e. The highest BCUT2D eigenvalue weighted by atomic mass is 32.1. The van der Waals surface area contributed by atoms with Crippen LogP contribution in [0.2, 0.25) is 0 Å². The van der Waals surface area contributed by atoms with E-state index in [4.69, 9.17) is 16.6 Å². The van der Waals surface area contributed by atoms with E-state index in [9.17, 15) is 48.6 Å². The second-order valence-corrected chi connectivity index (χ2v) is 10.4. The molecule has 0 fully saturated rings. The molecular formula is C27H39N7O11S. The van der Waals surface area contributed by atoms with Gasteiger partial charge in [-0.3, -0.25) is 33.6 Å². The van der Waals surface area contributed by atoms with Crippen molar-refractivity contribution in [3.05, 3.63) is 35.9 Å². The summed E-state index contributed by atoms with van der Waals surface area (Å²) in [5.41, 5.74) is 11.4. The highest BCUT2D eigenvalue weighted by molar-refractivity contribution is 7.80. The van der Waals surface area contributed by atoms with Gasteiger partial charge in [0.25, 0.3) is 0 Å². The number of carbonyl (C=O) groups is 8. The molecule has 0 aliphatic rings. The van der Waals surface area contributed by atoms with Crippen molar-refractivity contribution < 1.29 is 53.7 Å². The van der Waals surface area contributed by atoms with Gasteiger partial charge in [0.1, 0.15) is 30.2 Å². The number of aliphatic carboxylic acids is 2. The molecule has 0 aromatic heterocycles. The Labute approximate surface area is 268 Å². The lowest BCUT2D eigenvalue weighted by Crippen LogP contribution is -2.60. The van der Waals surface area contributed by atoms with Crippen LogP contribution in [0.3, 0.4) is 0 Å². The Bertz CT molecular complexity index is 1270. The average Bonchev–Trinajstić information content (AvgIpc) is 3.00. The summed E-state index contributed by atoms with van der Waals surface area (Å²) in [6.45, 7) is 0.241. The number of rotatable bonds is 20. The highest BCUT2D eigenvalue weighted by Crippen LogP contribution is 2.05. The van der Waals surface area contributed by atoms with Gasteiger partial charge in [0.2, 0.25) is 35.4 Å². The van der Waals surface area contributed by atoms with Crippen LogP contribution < -0.4 is 38.1 Å². The van der Waals surface area contributed by atoms with E-state index in [1.807, 2.05) is 0 Å². The van der Waals surface area contributed by atoms with Gasteiger partial charge in [-0.25, -0.2) is 4.79 Å². The minimum absolute atomic E-state index is 0.0659. The molecule has 18 nitrogen and oxygen atoms in total. The summed E-state index contributed by atoms with van der Waals surface area (Å²) in [7, 11) is 0. The Morgan fingerprint density at radius 1 is 0.761 bits per heavy atom. The summed E-state index contributed by atoms with van der Waals surface area (Å²) in [5, 5.41) is 39.1. The first-order chi connectivity index (χ1) is 21.6. The number of benzene rings is 1. The molecule has 0 aliphatic carbocycles. The van der Waals surface area contributed by atoms with E-state index in [0.29, 0.717) is 5.56 Å². The first-order valence-corrected chi connectivity index (χ1v) is 14.5. The Balaban J connectivity index is 2.90. The second kappa shape index (κ2) is 19.6. The fraction of sp³-hybridized carbons (Fsp3) is 0.481. The van der Waals surface area contributed by atoms with E-state index in [0.717, 1.165) is 0 Å². The summed E-state index contributed by atoms with van der Waals surface area (Å²) in [5.74, 6) is -8.83. The van der Waals surface area contributed by atoms with Crippen molar-refractivity contribution in [3.63, 3.8) is 0 Å². The van der Waals surface area contributed by atoms with E-state index in [-0.39, 0.29) is 18.6 Å². The van der Waals surface area contributed by atoms with E-state index in [1.165, 1.54) is 6.92 Å². The number of nitrogens with one attached hydrogen (secondary N) is 5. The van der Waals surface area contributed by atoms with E-state index < -0.39 is 103 Å². The van der Waals surface area contributed by atoms with Gasteiger partial charge < -0.3 is 53.4 Å². The van der Waals surface area contributed by atoms with Crippen molar-refractivity contribution in [2.45, 2.75) is 68.9 Å². The van der Waals surface area contributed by atoms with Gasteiger partial charge in [0.05, 0.1) is 19.1 Å². The maximum atomic E-state index is 13.0. The molecule has 0 radical (unpaired) electrons. The third kappa shape index (κ3) is 13.9. The molecule has 6 amide bonds. The molecule has 0 unspecified atom stereocenters. The lowest BCUT2D eigenvalue weighted by molar-refractivity contribution is -0.142. The molecule has 254 valence electrons. The molecule has 6 atom stereocenters. The minimum Gasteiger partial charge on any atom is -0.481 e. The Morgan fingerprint density at radius 2 is 1.28 bits per heavy atom. The smallest absolute Gasteiger partial charge is 0.326 e. The number of amides is 6. The van der Waals surface area contributed by atoms with Crippen LogP contribution in [-0.4, -0.2) is 111 Å². The molecule has 1 aromatic rings. The average molecular weight is 670 g/mol. The normalized spacial score (nSPS) is 14.6. The number of hydrogen-bond acceptors (Lipinski definition) is 11. The van der Waals surface area contributed by atoms with Gasteiger partial charge >= 0.3 is 11.9 Å². The Hall–Kier alpha value is -4.75. The van der Waals surface area contributed by atoms with Crippen LogP contribution in [0.25, 0.3) is 0 Å². The van der Waals surface area contributed by atoms with Crippen molar-refractivity contribution >= 4 is 60.0 Å². The van der Waals surface area contributed by atoms with Gasteiger partial charge in [-0.05, 0) is 18.9 Å². The van der Waals surface area contributed by atoms with Crippen LogP contribution in [0, 0.1) is 0 Å². The molecule has 0 saturated heterocycles. The molecule has 12 N–H and O–H groups in total. The van der Waals surface area contributed by atoms with Gasteiger partial charge in [0, 0.05) is 18.6 Å². The highest BCUT2D eigenvalue weighted by Gasteiger charge is 2.32. The molecule has 0 saturated carbocycles. The quantitative estimate of drug-likeness (QED) is 0.0588. The van der Waals surface area contributed by atoms with Crippen LogP contribution >= 0.6 is 12.6 Å². The monoisotopic (exact) mass is 669 g/mol. The number of primary amides is 1. The number of thiol groups is 1. The Kier molecular flexibility index (Phi) is 16.7. The van der Waals surface area contributed by atoms with Gasteiger partial charge in [-0.15, -0.1) is 0 Å². The Morgan fingerprint density at radius 3 is 1.80 bits per heavy atom. The molecule has 1 rings (SSSR count). The van der Waals surface area contributed by atoms with Crippen LogP contribution in [0.5, 0.6) is 0 Å². The summed E-state index contributed by atoms with van der Waals surface area (Å²) in [6, 6.07) is -0.259. The lowest BCUT2D eigenvalue weighted by atomic mass is 10.1. The molecule has 0 bridgehead atoms. The van der Waals surface area contributed by atoms with E-state index in [2.05, 4.69) is 39.2 Å². The number of carbonyl (C=O) groups excluding carboxylic acids is 6. The van der Waals surface area contributed by atoms with Gasteiger partial charge in [-0.2, -0.15) is 12.6 Å². The number of carboxylic acids is 2. The number of nitrogens with two attached hydrogens (primary N) is 2. The third-order valence-electron chi connectivity index (χ3n) is 6.32. The van der Waals surface area contributed by atoms with Crippen molar-refractivity contribution in [1.29, 1.82) is 0 Å². The van der Waals surface area contributed by atoms with Crippen molar-refractivity contribution in [2.24, 2.45) is 11.5 Å². The predicted molar refractivity (Wildman–Crippen MR) is 163 cm³/mol. The molecule has 0 aliphatic heterocycles. The van der Waals surface area contributed by atoms with Crippen LogP contribution in [0.15, 0.2) is 30.3 Å². The zero-order valence-electron chi connectivity index (χ0n) is 24.8. The van der Waals surface area contributed by atoms with Crippen molar-refractivity contribution in [3.8, 4) is 0 Å². The minimum atomic E-state index is -1.70. The largest absolute Gasteiger partial charge is 0.481 e. The van der Waals surface area contributed by atoms with Gasteiger partial charge in [0.15, 0.2) is 0 Å². The van der Waals surface area contributed by atoms with Gasteiger partial charge in [-0.1, -0.05) is 30.3 Å². The molecule has 1 aromatic carbocycles. The van der Waals surface area contributed by atoms with Crippen LogP contribution in [0.4, 0.5) is 0 Å². The summed E-state index contributed by atoms with van der Waals surface area (Å²) in [6.07, 6.45) is -1.43. The topological polar surface area (TPSA) is 309 Å². The number of aliphatic hydroxyl groups excluding tert-OH is 1. The van der Waals surface area contributed by atoms with E-state index in [1.54, 1.807) is 30.3 Å². The predicted octanol–water partition coefficient (Wildman–Crippen LogP) is -4.25. The molecular weight excluding hydrogens is 630 g/mol. The number of hydrogen-bond donors (Lipinski definition) is 11. The SMILES string of the molecule is C[C@H](NC(=O)[C@@H](N)CCC(=O)O)C(=O)N[C@@H](CO)C(=O)N[C@@H](CC(N)=O)C(=O)N[C@@H](CS)C(=O)N[C@@H](Cc1ccccc1)C(=O)O. The molecule has 0 spiro atoms. The second-order valence-electron chi connectivity index (χ2n) is 10.1. The fourth-order valence-electron chi connectivity index (χ4n) is 3.76. The first-order valence-electron chi connectivity index (χ1n) is 13.9. The van der Waals surface area contributed by atoms with E-state index >= 15 is 0 Å². The lowest BCUT2D eigenvalue weighted by Gasteiger charge is -2.25. The number of aliphatic hydroxyl groups is 1. The standard InChI is InChI=1S/C27H39N7O11S/c1-13(30-23(40)15(28)7-8-21(37)38)22(39)33-18(11-35)25(42)31-16(10-20(29)36)24(41)34-19(12-46)26(43)32-17(27(44)45)9-14-5-3-2-4-6-14/h2-6,13,15-19,35,46H,7-12,28H2,1H3,(H2,29,36)(H,30,40)(H,31,42)(H,32,43)(H,33,39)(H,34,41)(H,37,38)(H,44,45)/t13-,15-,16-,17-,18-,19-/m0/s1. The third-order valence-corrected chi connectivity index (χ3v) is 6.69. The first kappa shape index (κ1) is 39.3. The zero-order valence-corrected chi connectivity index (χ0v) is 25.7. The van der Waals surface area contributed by atoms with Crippen LogP contribution in [0.1, 0.15) is 31.7 Å². The van der Waals surface area contributed by atoms with Crippen LogP contribution in [-0.2, 0) is 44.8 Å². The molecule has 19 heteroatoms. The summed E-state index contributed by atoms with van der Waals surface area (Å²) < 4.78 is 0. The molecule has 0 heterocycles.